The molecule has 4 aromatic carbocycles. The molecule has 0 fully saturated rings. The summed E-state index contributed by atoms with van der Waals surface area (Å²) in [7, 11) is 0. The van der Waals surface area contributed by atoms with Crippen LogP contribution in [0.4, 0.5) is 8.78 Å². The Morgan fingerprint density at radius 3 is 1.47 bits per heavy atom. The standard InChI is InChI=1S/C15H22O.C15H22.C14H20.C13H16F2/c1-5-16-13-10-11-8-6-7-9-12(11)14(13)15(2,3)4;1-5-11-10-12-8-6-7-9-13(12)14(11)15(2,3)4;1-10-9-11-7-5-6-8-12(11)13(10)14(2,3)4;1-13(2,3)9-5-4-8-10(14)6-7-11(15)12(8)9/h6-9,13-14H,5,10H2,1-4H3;6-9,11,14H,5,10H2,1-4H3;5-8,10,13H,9H2,1-4H3;6-7,9H,4-5H2,1-3H3. The van der Waals surface area contributed by atoms with E-state index in [2.05, 4.69) is 177 Å². The van der Waals surface area contributed by atoms with Gasteiger partial charge in [-0.05, 0) is 147 Å². The lowest BCUT2D eigenvalue weighted by Crippen LogP contribution is -2.29. The second-order valence-electron chi connectivity index (χ2n) is 22.8. The summed E-state index contributed by atoms with van der Waals surface area (Å²) in [5.74, 6) is 3.31. The van der Waals surface area contributed by atoms with Crippen LogP contribution in [-0.4, -0.2) is 12.7 Å². The van der Waals surface area contributed by atoms with Gasteiger partial charge in [0.2, 0.25) is 0 Å². The average molecular weight is 819 g/mol. The fourth-order valence-corrected chi connectivity index (χ4v) is 11.8. The molecular formula is C57H80F2O. The summed E-state index contributed by atoms with van der Waals surface area (Å²) >= 11 is 0. The van der Waals surface area contributed by atoms with Crippen LogP contribution in [0.2, 0.25) is 0 Å². The highest BCUT2D eigenvalue weighted by molar-refractivity contribution is 5.41. The second-order valence-corrected chi connectivity index (χ2v) is 22.8. The molecule has 0 aliphatic heterocycles. The van der Waals surface area contributed by atoms with Crippen LogP contribution in [0.1, 0.15) is 185 Å². The monoisotopic (exact) mass is 819 g/mol. The van der Waals surface area contributed by atoms with Crippen molar-refractivity contribution < 1.29 is 13.5 Å². The first-order valence-corrected chi connectivity index (χ1v) is 23.3. The number of hydrogen-bond donors (Lipinski definition) is 0. The molecule has 60 heavy (non-hydrogen) atoms. The van der Waals surface area contributed by atoms with Gasteiger partial charge in [0.25, 0.3) is 0 Å². The molecule has 328 valence electrons. The van der Waals surface area contributed by atoms with Crippen molar-refractivity contribution in [3.05, 3.63) is 141 Å². The number of ether oxygens (including phenoxy) is 1. The highest BCUT2D eigenvalue weighted by Crippen LogP contribution is 2.51. The van der Waals surface area contributed by atoms with E-state index >= 15 is 0 Å². The van der Waals surface area contributed by atoms with Gasteiger partial charge >= 0.3 is 0 Å². The molecule has 0 aromatic heterocycles. The zero-order chi connectivity index (χ0) is 44.4. The Balaban J connectivity index is 0.000000152. The van der Waals surface area contributed by atoms with E-state index in [0.717, 1.165) is 43.1 Å². The largest absolute Gasteiger partial charge is 0.378 e. The molecule has 0 heterocycles. The maximum absolute atomic E-state index is 13.7. The Morgan fingerprint density at radius 1 is 0.533 bits per heavy atom. The minimum absolute atomic E-state index is 0.000116. The summed E-state index contributed by atoms with van der Waals surface area (Å²) in [6.07, 6.45) is 6.81. The first kappa shape index (κ1) is 47.7. The maximum atomic E-state index is 13.7. The van der Waals surface area contributed by atoms with Gasteiger partial charge in [0.05, 0.1) is 6.10 Å². The van der Waals surface area contributed by atoms with E-state index in [4.69, 9.17) is 4.74 Å². The quantitative estimate of drug-likeness (QED) is 0.200. The van der Waals surface area contributed by atoms with Crippen molar-refractivity contribution in [2.75, 3.05) is 6.61 Å². The molecule has 0 radical (unpaired) electrons. The molecule has 7 unspecified atom stereocenters. The van der Waals surface area contributed by atoms with Crippen LogP contribution in [-0.2, 0) is 30.4 Å². The number of benzene rings is 4. The zero-order valence-corrected chi connectivity index (χ0v) is 40.2. The minimum Gasteiger partial charge on any atom is -0.378 e. The van der Waals surface area contributed by atoms with E-state index in [1.807, 2.05) is 0 Å². The highest BCUT2D eigenvalue weighted by atomic mass is 19.1. The van der Waals surface area contributed by atoms with Gasteiger partial charge in [-0.2, -0.15) is 0 Å². The Labute approximate surface area is 365 Å². The fraction of sp³-hybridized carbons (Fsp3) is 0.579. The predicted octanol–water partition coefficient (Wildman–Crippen LogP) is 16.2. The molecule has 0 saturated heterocycles. The third-order valence-electron chi connectivity index (χ3n) is 14.1. The van der Waals surface area contributed by atoms with Crippen molar-refractivity contribution in [2.45, 2.75) is 172 Å². The van der Waals surface area contributed by atoms with Gasteiger partial charge in [-0.1, -0.05) is 176 Å². The average Bonchev–Trinajstić information content (AvgIpc) is 3.94. The molecule has 4 aliphatic rings. The fourth-order valence-electron chi connectivity index (χ4n) is 11.8. The van der Waals surface area contributed by atoms with E-state index in [-0.39, 0.29) is 28.4 Å². The molecule has 0 amide bonds. The van der Waals surface area contributed by atoms with Crippen LogP contribution in [0.15, 0.2) is 84.9 Å². The lowest BCUT2D eigenvalue weighted by Gasteiger charge is -2.32. The van der Waals surface area contributed by atoms with Gasteiger partial charge in [-0.15, -0.1) is 0 Å². The topological polar surface area (TPSA) is 9.23 Å². The van der Waals surface area contributed by atoms with Crippen LogP contribution in [0.3, 0.4) is 0 Å². The van der Waals surface area contributed by atoms with Crippen molar-refractivity contribution in [3.63, 3.8) is 0 Å². The van der Waals surface area contributed by atoms with Gasteiger partial charge in [-0.3, -0.25) is 0 Å². The molecule has 7 atom stereocenters. The SMILES string of the molecule is CC(C)(C)C1CCc2c(F)ccc(F)c21.CC1Cc2ccccc2C1C(C)(C)C.CCC1Cc2ccccc2C1C(C)(C)C.CCOC1Cc2ccccc2C1C(C)(C)C. The van der Waals surface area contributed by atoms with E-state index < -0.39 is 0 Å². The lowest BCUT2D eigenvalue weighted by atomic mass is 9.72. The Hall–Kier alpha value is -3.30. The van der Waals surface area contributed by atoms with E-state index in [1.165, 1.54) is 42.5 Å². The molecule has 0 saturated carbocycles. The van der Waals surface area contributed by atoms with Crippen LogP contribution >= 0.6 is 0 Å². The molecule has 0 N–H and O–H groups in total. The first-order chi connectivity index (χ1) is 28.0. The minimum atomic E-state index is -0.252. The predicted molar refractivity (Wildman–Crippen MR) is 252 cm³/mol. The van der Waals surface area contributed by atoms with E-state index in [9.17, 15) is 8.78 Å². The number of fused-ring (bicyclic) bond motifs is 4. The smallest absolute Gasteiger partial charge is 0.127 e. The Bertz CT molecular complexity index is 2010. The third-order valence-corrected chi connectivity index (χ3v) is 14.1. The van der Waals surface area contributed by atoms with Gasteiger partial charge in [0, 0.05) is 12.5 Å². The summed E-state index contributed by atoms with van der Waals surface area (Å²) in [6.45, 7) is 35.0. The highest BCUT2D eigenvalue weighted by Gasteiger charge is 2.41. The van der Waals surface area contributed by atoms with E-state index in [0.29, 0.717) is 40.4 Å². The molecule has 0 spiro atoms. The molecule has 0 bridgehead atoms. The Kier molecular flexibility index (Phi) is 15.1. The molecule has 4 aliphatic carbocycles. The summed E-state index contributed by atoms with van der Waals surface area (Å²) in [5, 5.41) is 0. The van der Waals surface area contributed by atoms with Crippen LogP contribution in [0, 0.1) is 45.1 Å². The molecule has 8 rings (SSSR count). The number of halogens is 2. The lowest BCUT2D eigenvalue weighted by molar-refractivity contribution is 0.0235. The normalized spacial score (nSPS) is 24.1. The van der Waals surface area contributed by atoms with Crippen molar-refractivity contribution in [1.29, 1.82) is 0 Å². The van der Waals surface area contributed by atoms with Crippen molar-refractivity contribution in [3.8, 4) is 0 Å². The molecule has 4 aromatic rings. The van der Waals surface area contributed by atoms with Gasteiger partial charge < -0.3 is 4.74 Å². The summed E-state index contributed by atoms with van der Waals surface area (Å²) in [5.41, 5.74) is 11.6. The molecule has 1 nitrogen and oxygen atoms in total. The second kappa shape index (κ2) is 19.0. The first-order valence-electron chi connectivity index (χ1n) is 23.3. The van der Waals surface area contributed by atoms with Gasteiger partial charge in [0.1, 0.15) is 11.6 Å². The van der Waals surface area contributed by atoms with Gasteiger partial charge in [0.15, 0.2) is 0 Å². The third kappa shape index (κ3) is 10.8. The molecular weight excluding hydrogens is 739 g/mol. The summed E-state index contributed by atoms with van der Waals surface area (Å²) in [6, 6.07) is 29.2. The van der Waals surface area contributed by atoms with Crippen molar-refractivity contribution in [1.82, 2.24) is 0 Å². The molecule has 3 heteroatoms. The van der Waals surface area contributed by atoms with Crippen molar-refractivity contribution in [2.24, 2.45) is 33.5 Å². The van der Waals surface area contributed by atoms with Crippen LogP contribution < -0.4 is 0 Å². The van der Waals surface area contributed by atoms with E-state index in [1.54, 1.807) is 22.3 Å². The maximum Gasteiger partial charge on any atom is 0.127 e. The zero-order valence-electron chi connectivity index (χ0n) is 40.2. The van der Waals surface area contributed by atoms with Crippen molar-refractivity contribution >= 4 is 0 Å². The van der Waals surface area contributed by atoms with Crippen LogP contribution in [0.5, 0.6) is 0 Å². The summed E-state index contributed by atoms with van der Waals surface area (Å²) < 4.78 is 33.1. The Morgan fingerprint density at radius 2 is 0.983 bits per heavy atom. The van der Waals surface area contributed by atoms with Gasteiger partial charge in [-0.25, -0.2) is 8.78 Å². The van der Waals surface area contributed by atoms with Crippen LogP contribution in [0.25, 0.3) is 0 Å². The summed E-state index contributed by atoms with van der Waals surface area (Å²) in [4.78, 5) is 0. The number of hydrogen-bond acceptors (Lipinski definition) is 1. The number of rotatable bonds is 3.